The van der Waals surface area contributed by atoms with E-state index >= 15 is 0 Å². The molecule has 2 aromatic rings. The third kappa shape index (κ3) is 5.04. The Morgan fingerprint density at radius 3 is 2.38 bits per heavy atom. The van der Waals surface area contributed by atoms with E-state index in [9.17, 15) is 13.5 Å². The Kier molecular flexibility index (Phi) is 6.73. The molecule has 3 rings (SSSR count). The van der Waals surface area contributed by atoms with E-state index < -0.39 is 27.5 Å². The molecule has 0 spiro atoms. The first-order valence-electron chi connectivity index (χ1n) is 9.85. The Morgan fingerprint density at radius 1 is 1.14 bits per heavy atom. The Labute approximate surface area is 173 Å². The minimum atomic E-state index is -3.77. The smallest absolute Gasteiger partial charge is 0.202 e. The van der Waals surface area contributed by atoms with Crippen LogP contribution in [0.15, 0.2) is 89.2 Å². The van der Waals surface area contributed by atoms with Gasteiger partial charge in [-0.2, -0.15) is 0 Å². The van der Waals surface area contributed by atoms with Gasteiger partial charge >= 0.3 is 0 Å². The molecule has 5 heteroatoms. The van der Waals surface area contributed by atoms with Crippen molar-refractivity contribution in [1.29, 1.82) is 0 Å². The van der Waals surface area contributed by atoms with Gasteiger partial charge in [0.2, 0.25) is 9.84 Å². The van der Waals surface area contributed by atoms with Crippen LogP contribution < -0.4 is 0 Å². The minimum absolute atomic E-state index is 0.212. The van der Waals surface area contributed by atoms with Gasteiger partial charge in [-0.25, -0.2) is 8.42 Å². The average Bonchev–Trinajstić information content (AvgIpc) is 2.86. The first-order chi connectivity index (χ1) is 13.9. The normalized spacial score (nSPS) is 25.1. The molecule has 0 saturated heterocycles. The van der Waals surface area contributed by atoms with E-state index in [-0.39, 0.29) is 9.80 Å². The monoisotopic (exact) mass is 412 g/mol. The zero-order chi connectivity index (χ0) is 20.9. The number of rotatable bonds is 7. The lowest BCUT2D eigenvalue weighted by Gasteiger charge is -2.26. The maximum absolute atomic E-state index is 13.5. The molecule has 0 amide bonds. The van der Waals surface area contributed by atoms with E-state index in [1.54, 1.807) is 42.5 Å². The number of aliphatic hydroxyl groups is 1. The zero-order valence-corrected chi connectivity index (χ0v) is 17.5. The van der Waals surface area contributed by atoms with E-state index in [0.717, 1.165) is 5.56 Å². The molecule has 0 saturated carbocycles. The van der Waals surface area contributed by atoms with Crippen LogP contribution in [0.3, 0.4) is 0 Å². The third-order valence-corrected chi connectivity index (χ3v) is 7.34. The summed E-state index contributed by atoms with van der Waals surface area (Å²) in [5.41, 5.74) is 0.214. The van der Waals surface area contributed by atoms with Crippen molar-refractivity contribution in [2.45, 2.75) is 49.4 Å². The van der Waals surface area contributed by atoms with Crippen molar-refractivity contribution in [2.75, 3.05) is 0 Å². The fraction of sp³-hybridized carbons (Fsp3) is 0.333. The first kappa shape index (κ1) is 21.5. The molecule has 3 atom stereocenters. The van der Waals surface area contributed by atoms with Crippen LogP contribution in [0.4, 0.5) is 0 Å². The SMILES string of the molecule is C=CC[C@@H]1C(S(=O)(=O)c2ccccc2)=C[C@@](C)(OCc2ccccc2)CC[C@@H]1O. The highest BCUT2D eigenvalue weighted by molar-refractivity contribution is 7.95. The summed E-state index contributed by atoms with van der Waals surface area (Å²) in [6, 6.07) is 18.1. The highest BCUT2D eigenvalue weighted by Gasteiger charge is 2.39. The zero-order valence-electron chi connectivity index (χ0n) is 16.7. The second-order valence-corrected chi connectivity index (χ2v) is 9.64. The van der Waals surface area contributed by atoms with Gasteiger partial charge < -0.3 is 9.84 Å². The van der Waals surface area contributed by atoms with Crippen LogP contribution in [0.5, 0.6) is 0 Å². The molecule has 0 aliphatic heterocycles. The Bertz CT molecular complexity index is 951. The summed E-state index contributed by atoms with van der Waals surface area (Å²) in [7, 11) is -3.77. The molecular formula is C24H28O4S. The maximum atomic E-state index is 13.5. The summed E-state index contributed by atoms with van der Waals surface area (Å²) in [6.07, 6.45) is 3.96. The summed E-state index contributed by atoms with van der Waals surface area (Å²) >= 11 is 0. The Morgan fingerprint density at radius 2 is 1.76 bits per heavy atom. The lowest BCUT2D eigenvalue weighted by molar-refractivity contribution is -0.0195. The largest absolute Gasteiger partial charge is 0.392 e. The highest BCUT2D eigenvalue weighted by Crippen LogP contribution is 2.39. The molecular weight excluding hydrogens is 384 g/mol. The third-order valence-electron chi connectivity index (χ3n) is 5.41. The molecule has 0 radical (unpaired) electrons. The first-order valence-corrected chi connectivity index (χ1v) is 11.3. The minimum Gasteiger partial charge on any atom is -0.392 e. The number of allylic oxidation sites excluding steroid dienone is 1. The van der Waals surface area contributed by atoms with Gasteiger partial charge in [-0.05, 0) is 50.0 Å². The molecule has 1 N–H and O–H groups in total. The second kappa shape index (κ2) is 9.08. The number of benzene rings is 2. The molecule has 0 unspecified atom stereocenters. The van der Waals surface area contributed by atoms with Gasteiger partial charge in [0, 0.05) is 5.92 Å². The van der Waals surface area contributed by atoms with Crippen molar-refractivity contribution in [3.8, 4) is 0 Å². The molecule has 0 fully saturated rings. The molecule has 0 bridgehead atoms. The van der Waals surface area contributed by atoms with Crippen LogP contribution in [0.25, 0.3) is 0 Å². The predicted octanol–water partition coefficient (Wildman–Crippen LogP) is 4.67. The van der Waals surface area contributed by atoms with Crippen molar-refractivity contribution in [3.63, 3.8) is 0 Å². The summed E-state index contributed by atoms with van der Waals surface area (Å²) in [4.78, 5) is 0.434. The van der Waals surface area contributed by atoms with E-state index in [1.807, 2.05) is 37.3 Å². The van der Waals surface area contributed by atoms with Crippen molar-refractivity contribution in [2.24, 2.45) is 5.92 Å². The summed E-state index contributed by atoms with van der Waals surface area (Å²) in [5.74, 6) is -0.542. The molecule has 1 aliphatic rings. The number of aliphatic hydroxyl groups excluding tert-OH is 1. The van der Waals surface area contributed by atoms with Crippen LogP contribution in [-0.2, 0) is 21.2 Å². The second-order valence-electron chi connectivity index (χ2n) is 7.69. The molecule has 154 valence electrons. The number of hydrogen-bond acceptors (Lipinski definition) is 4. The van der Waals surface area contributed by atoms with Crippen LogP contribution in [0.1, 0.15) is 31.7 Å². The quantitative estimate of drug-likeness (QED) is 0.672. The van der Waals surface area contributed by atoms with E-state index in [4.69, 9.17) is 4.74 Å². The van der Waals surface area contributed by atoms with Crippen molar-refractivity contribution in [1.82, 2.24) is 0 Å². The number of sulfone groups is 1. The fourth-order valence-electron chi connectivity index (χ4n) is 3.71. The summed E-state index contributed by atoms with van der Waals surface area (Å²) in [5, 5.41) is 10.8. The van der Waals surface area contributed by atoms with Gasteiger partial charge in [-0.15, -0.1) is 6.58 Å². The average molecular weight is 413 g/mol. The van der Waals surface area contributed by atoms with Crippen molar-refractivity contribution < 1.29 is 18.3 Å². The molecule has 2 aromatic carbocycles. The summed E-state index contributed by atoms with van der Waals surface area (Å²) in [6.45, 7) is 6.02. The summed E-state index contributed by atoms with van der Waals surface area (Å²) < 4.78 is 33.1. The maximum Gasteiger partial charge on any atom is 0.202 e. The standard InChI is InChI=1S/C24H28O4S/c1-3-10-21-22(25)15-16-24(2,28-18-19-11-6-4-7-12-19)17-23(21)29(26,27)20-13-8-5-9-14-20/h3-9,11-14,17,21-22,25H,1,10,15-16,18H2,2H3/t21-,22-,24-/m0/s1. The molecule has 1 aliphatic carbocycles. The molecule has 0 aromatic heterocycles. The fourth-order valence-corrected chi connectivity index (χ4v) is 5.55. The van der Waals surface area contributed by atoms with Gasteiger partial charge in [0.1, 0.15) is 0 Å². The van der Waals surface area contributed by atoms with Crippen LogP contribution in [0.2, 0.25) is 0 Å². The lowest BCUT2D eigenvalue weighted by Crippen LogP contribution is -2.27. The van der Waals surface area contributed by atoms with Gasteiger partial charge in [0.15, 0.2) is 0 Å². The van der Waals surface area contributed by atoms with Crippen LogP contribution in [-0.4, -0.2) is 25.2 Å². The number of hydrogen-bond donors (Lipinski definition) is 1. The highest BCUT2D eigenvalue weighted by atomic mass is 32.2. The Balaban J connectivity index is 2.01. The predicted molar refractivity (Wildman–Crippen MR) is 115 cm³/mol. The van der Waals surface area contributed by atoms with Crippen molar-refractivity contribution >= 4 is 9.84 Å². The van der Waals surface area contributed by atoms with Gasteiger partial charge in [0.05, 0.1) is 28.1 Å². The van der Waals surface area contributed by atoms with Crippen molar-refractivity contribution in [3.05, 3.63) is 89.9 Å². The molecule has 4 nitrogen and oxygen atoms in total. The van der Waals surface area contributed by atoms with Gasteiger partial charge in [0.25, 0.3) is 0 Å². The Hall–Kier alpha value is -2.21. The van der Waals surface area contributed by atoms with E-state index in [1.165, 1.54) is 0 Å². The molecule has 29 heavy (non-hydrogen) atoms. The topological polar surface area (TPSA) is 63.6 Å². The van der Waals surface area contributed by atoms with Crippen LogP contribution in [0, 0.1) is 5.92 Å². The van der Waals surface area contributed by atoms with E-state index in [2.05, 4.69) is 6.58 Å². The van der Waals surface area contributed by atoms with Crippen LogP contribution >= 0.6 is 0 Å². The molecule has 0 heterocycles. The van der Waals surface area contributed by atoms with E-state index in [0.29, 0.717) is 25.9 Å². The number of ether oxygens (including phenoxy) is 1. The van der Waals surface area contributed by atoms with Gasteiger partial charge in [-0.3, -0.25) is 0 Å². The lowest BCUT2D eigenvalue weighted by atomic mass is 9.96. The van der Waals surface area contributed by atoms with Gasteiger partial charge in [-0.1, -0.05) is 54.6 Å².